The van der Waals surface area contributed by atoms with Crippen LogP contribution in [0.3, 0.4) is 0 Å². The fourth-order valence-electron chi connectivity index (χ4n) is 12.4. The van der Waals surface area contributed by atoms with Gasteiger partial charge in [0.05, 0.1) is 76.5 Å². The number of carbonyl (C=O) groups is 3. The average Bonchev–Trinajstić information content (AvgIpc) is 1.16. The van der Waals surface area contributed by atoms with Crippen LogP contribution in [0.1, 0.15) is 49.1 Å². The summed E-state index contributed by atoms with van der Waals surface area (Å²) in [6.07, 6.45) is 15.0. The molecule has 0 spiro atoms. The Bertz CT molecular complexity index is 6270. The monoisotopic (exact) mass is 1520 g/mol. The van der Waals surface area contributed by atoms with Crippen molar-refractivity contribution >= 4 is 67.9 Å². The van der Waals surface area contributed by atoms with Gasteiger partial charge in [-0.1, -0.05) is 161 Å². The summed E-state index contributed by atoms with van der Waals surface area (Å²) in [5, 5.41) is 24.6. The highest BCUT2D eigenvalue weighted by molar-refractivity contribution is 6.05. The number of hydrogen-bond acceptors (Lipinski definition) is 28. The number of nitrogens with two attached hydrogens (primary N) is 2. The lowest BCUT2D eigenvalue weighted by atomic mass is 10.0. The lowest BCUT2D eigenvalue weighted by molar-refractivity contribution is 0.0545. The number of anilines is 3. The number of ether oxygens (including phenoxy) is 1. The van der Waals surface area contributed by atoms with E-state index in [1.54, 1.807) is 74.0 Å². The molecule has 558 valence electrons. The van der Waals surface area contributed by atoms with Gasteiger partial charge in [-0.05, 0) is 106 Å². The first-order valence-corrected chi connectivity index (χ1v) is 35.6. The van der Waals surface area contributed by atoms with Crippen LogP contribution in [0, 0.1) is 0 Å². The van der Waals surface area contributed by atoms with Crippen LogP contribution in [0.25, 0.3) is 134 Å². The Morgan fingerprint density at radius 2 is 0.617 bits per heavy atom. The van der Waals surface area contributed by atoms with Crippen molar-refractivity contribution in [1.29, 1.82) is 0 Å². The molecule has 18 aromatic rings. The highest BCUT2D eigenvalue weighted by atomic mass is 16.6. The van der Waals surface area contributed by atoms with Crippen LogP contribution in [-0.4, -0.2) is 115 Å². The Morgan fingerprint density at radius 1 is 0.322 bits per heavy atom. The number of primary amides is 2. The predicted octanol–water partition coefficient (Wildman–Crippen LogP) is 14.2. The predicted molar refractivity (Wildman–Crippen MR) is 428 cm³/mol. The number of hydrogen-bond donors (Lipinski definition) is 5. The third-order valence-electron chi connectivity index (χ3n) is 17.7. The van der Waals surface area contributed by atoms with Gasteiger partial charge >= 0.3 is 35.5 Å². The Morgan fingerprint density at radius 3 is 0.904 bits per heavy atom. The highest BCUT2D eigenvalue weighted by Gasteiger charge is 2.23. The first kappa shape index (κ1) is 72.7. The fourth-order valence-corrected chi connectivity index (χ4v) is 12.4. The van der Waals surface area contributed by atoms with Crippen LogP contribution in [-0.2, 0) is 24.4 Å². The maximum atomic E-state index is 11.7. The first-order valence-electron chi connectivity index (χ1n) is 35.6. The topological polar surface area (TPSA) is 420 Å². The fraction of sp³-hybridized carbons (Fsp3) is 0.0471. The van der Waals surface area contributed by atoms with Gasteiger partial charge in [-0.3, -0.25) is 39.5 Å². The van der Waals surface area contributed by atoms with Crippen molar-refractivity contribution < 1.29 is 32.7 Å². The van der Waals surface area contributed by atoms with Crippen molar-refractivity contribution in [2.45, 2.75) is 19.6 Å². The van der Waals surface area contributed by atoms with E-state index in [2.05, 4.69) is 136 Å². The zero-order valence-electron chi connectivity index (χ0n) is 60.7. The Hall–Kier alpha value is -16.5. The number of aromatic nitrogens is 18. The minimum atomic E-state index is -0.802. The summed E-state index contributed by atoms with van der Waals surface area (Å²) in [5.74, 6) is 0.831. The van der Waals surface area contributed by atoms with E-state index in [0.717, 1.165) is 83.2 Å². The Labute approximate surface area is 652 Å². The van der Waals surface area contributed by atoms with Gasteiger partial charge in [0, 0.05) is 89.2 Å². The molecule has 0 saturated carbocycles. The van der Waals surface area contributed by atoms with Crippen molar-refractivity contribution in [2.75, 3.05) is 23.1 Å². The molecule has 0 radical (unpaired) electrons. The lowest BCUT2D eigenvalue weighted by Gasteiger charge is -2.14. The van der Waals surface area contributed by atoms with Crippen LogP contribution in [0.15, 0.2) is 288 Å². The number of esters is 1. The van der Waals surface area contributed by atoms with E-state index in [1.165, 1.54) is 7.11 Å². The Balaban J connectivity index is 0.000000130. The number of nitrogens with zero attached hydrogens (tertiary/aromatic N) is 18. The molecule has 0 atom stereocenters. The molecule has 0 unspecified atom stereocenters. The second-order valence-electron chi connectivity index (χ2n) is 25.3. The summed E-state index contributed by atoms with van der Waals surface area (Å²) in [7, 11) is 1.24. The largest absolute Gasteiger partial charge is 0.462 e. The van der Waals surface area contributed by atoms with E-state index in [-0.39, 0.29) is 35.1 Å². The summed E-state index contributed by atoms with van der Waals surface area (Å²) in [4.78, 5) is 102. The van der Waals surface area contributed by atoms with Gasteiger partial charge < -0.3 is 45.7 Å². The molecular formula is C85H61N23O7. The van der Waals surface area contributed by atoms with Crippen molar-refractivity contribution in [3.8, 4) is 102 Å². The molecule has 30 heteroatoms. The van der Waals surface area contributed by atoms with Gasteiger partial charge in [0.25, 0.3) is 0 Å². The molecule has 0 bridgehead atoms. The smallest absolute Gasteiger partial charge is 0.397 e. The van der Waals surface area contributed by atoms with Gasteiger partial charge in [-0.15, -0.1) is 0 Å². The molecule has 2 amide bonds. The minimum Gasteiger partial charge on any atom is -0.462 e. The van der Waals surface area contributed by atoms with Crippen molar-refractivity contribution in [1.82, 2.24) is 90.2 Å². The van der Waals surface area contributed by atoms with Gasteiger partial charge in [-0.25, -0.2) is 34.7 Å². The normalized spacial score (nSPS) is 10.9. The number of nitrogens with one attached hydrogen (secondary N) is 3. The molecule has 0 aliphatic rings. The van der Waals surface area contributed by atoms with Gasteiger partial charge in [0.15, 0.2) is 17.5 Å². The van der Waals surface area contributed by atoms with Crippen molar-refractivity contribution in [2.24, 2.45) is 11.5 Å². The number of carbonyl (C=O) groups excluding carboxylic acids is 3. The third kappa shape index (κ3) is 16.6. The third-order valence-corrected chi connectivity index (χ3v) is 17.7. The minimum absolute atomic E-state index is 0.189. The summed E-state index contributed by atoms with van der Waals surface area (Å²) in [6, 6.07) is 71.0. The van der Waals surface area contributed by atoms with Crippen LogP contribution >= 0.6 is 0 Å². The number of amides is 2. The lowest BCUT2D eigenvalue weighted by Crippen LogP contribution is -2.11. The zero-order valence-corrected chi connectivity index (χ0v) is 60.7. The van der Waals surface area contributed by atoms with Crippen molar-refractivity contribution in [3.05, 3.63) is 309 Å². The average molecular weight is 1520 g/mol. The van der Waals surface area contributed by atoms with Gasteiger partial charge in [0.2, 0.25) is 17.5 Å². The van der Waals surface area contributed by atoms with E-state index in [0.29, 0.717) is 87.9 Å². The van der Waals surface area contributed by atoms with E-state index >= 15 is 0 Å². The number of methoxy groups -OCH3 is 1. The molecular weight excluding hydrogens is 1460 g/mol. The van der Waals surface area contributed by atoms with Crippen LogP contribution in [0.5, 0.6) is 0 Å². The zero-order chi connectivity index (χ0) is 78.4. The quantitative estimate of drug-likeness (QED) is 0.0417. The second-order valence-corrected chi connectivity index (χ2v) is 25.3. The molecule has 7 N–H and O–H groups in total. The number of fused-ring (bicyclic) bond motifs is 3. The maximum absolute atomic E-state index is 11.7. The number of benzene rings is 6. The summed E-state index contributed by atoms with van der Waals surface area (Å²) >= 11 is 0. The van der Waals surface area contributed by atoms with Crippen molar-refractivity contribution in [3.63, 3.8) is 0 Å². The molecule has 0 aliphatic heterocycles. The van der Waals surface area contributed by atoms with E-state index in [4.69, 9.17) is 54.9 Å². The molecule has 0 fully saturated rings. The van der Waals surface area contributed by atoms with Crippen LogP contribution < -0.4 is 27.4 Å². The number of pyridine rings is 6. The van der Waals surface area contributed by atoms with E-state index in [1.807, 2.05) is 146 Å². The van der Waals surface area contributed by atoms with Crippen LogP contribution in [0.4, 0.5) is 17.5 Å². The molecule has 0 aliphatic carbocycles. The molecule has 12 aromatic heterocycles. The maximum Gasteiger partial charge on any atom is 0.397 e. The molecule has 18 rings (SSSR count). The van der Waals surface area contributed by atoms with E-state index < -0.39 is 17.8 Å². The van der Waals surface area contributed by atoms with Gasteiger partial charge in [-0.2, -0.15) is 15.0 Å². The SMILES string of the molecule is COC(=O)c1nc(-c2cncc(-c3nc(NCc4ccccn4)c4c(-c5ccccc5)cccc4n3)c2)no1.NC(=O)c1nc(-c2cncc(-c3nc(NCc4ccccn4)c4c(-c5ccccc5)cccc4n3)c2)no1.NC(=O)c1nc(-c2cncc(-c3nc(NCc4ccccn4)c4c(-c5ccccc5)cccc4n3)c2)no1. The highest BCUT2D eigenvalue weighted by Crippen LogP contribution is 2.39. The molecule has 0 saturated heterocycles. The molecule has 115 heavy (non-hydrogen) atoms. The van der Waals surface area contributed by atoms with Gasteiger partial charge in [0.1, 0.15) is 17.5 Å². The summed E-state index contributed by atoms with van der Waals surface area (Å²) in [6.45, 7) is 1.44. The summed E-state index contributed by atoms with van der Waals surface area (Å²) < 4.78 is 19.5. The summed E-state index contributed by atoms with van der Waals surface area (Å²) in [5.41, 5.74) is 25.1. The van der Waals surface area contributed by atoms with Crippen LogP contribution in [0.2, 0.25) is 0 Å². The second kappa shape index (κ2) is 33.5. The number of rotatable bonds is 21. The van der Waals surface area contributed by atoms with E-state index in [9.17, 15) is 14.4 Å². The first-order chi connectivity index (χ1) is 56.5. The Kier molecular flexibility index (Phi) is 21.2. The standard InChI is InChI=1S/C29H21N7O3.2C28H20N8O2/c1-38-29(37)28-35-26(36-39-28)20-14-19(15-30-16-20)25-33-23-12-7-11-22(18-8-3-2-4-9-18)24(23)27(34-25)32-17-21-10-5-6-13-31-21;2*29-24(37)28-35-26(36-38-28)19-13-18(14-30-15-19)25-33-22-11-6-10-21(17-7-2-1-3-8-17)23(22)27(34-25)32-16-20-9-4-5-12-31-20/h2-16H,17H2,1H3,(H,32,33,34);2*1-15H,16H2,(H2,29,37)(H,32,33,34). The molecule has 30 nitrogen and oxygen atoms in total. The molecule has 6 aromatic carbocycles. The molecule has 12 heterocycles.